The second-order valence-corrected chi connectivity index (χ2v) is 7.97. The number of halogens is 1. The molecule has 1 aromatic carbocycles. The zero-order valence-electron chi connectivity index (χ0n) is 16.0. The van der Waals surface area contributed by atoms with E-state index in [0.717, 1.165) is 21.4 Å². The Morgan fingerprint density at radius 2 is 1.93 bits per heavy atom. The molecule has 1 unspecified atom stereocenters. The summed E-state index contributed by atoms with van der Waals surface area (Å²) in [5.41, 5.74) is 3.15. The van der Waals surface area contributed by atoms with E-state index < -0.39 is 0 Å². The van der Waals surface area contributed by atoms with Gasteiger partial charge in [0.25, 0.3) is 0 Å². The number of hydrogen-bond acceptors (Lipinski definition) is 5. The lowest BCUT2D eigenvalue weighted by atomic mass is 10.1. The van der Waals surface area contributed by atoms with Crippen LogP contribution in [0.3, 0.4) is 0 Å². The van der Waals surface area contributed by atoms with Gasteiger partial charge in [-0.2, -0.15) is 10.2 Å². The molecule has 0 aliphatic heterocycles. The van der Waals surface area contributed by atoms with Crippen LogP contribution in [0, 0.1) is 19.7 Å². The maximum Gasteiger partial charge on any atom is 0.141 e. The molecule has 0 spiro atoms. The Bertz CT molecular complexity index is 1100. The van der Waals surface area contributed by atoms with Crippen LogP contribution < -0.4 is 0 Å². The van der Waals surface area contributed by atoms with Gasteiger partial charge in [0.05, 0.1) is 17.9 Å². The normalized spacial score (nSPS) is 12.4. The van der Waals surface area contributed by atoms with Crippen LogP contribution in [0.2, 0.25) is 0 Å². The Hall–Kier alpha value is -2.87. The highest BCUT2D eigenvalue weighted by Crippen LogP contribution is 2.23. The number of aromatic nitrogens is 6. The minimum atomic E-state index is -0.170. The minimum absolute atomic E-state index is 0.0433. The molecule has 0 N–H and O–H groups in total. The molecule has 0 amide bonds. The van der Waals surface area contributed by atoms with Crippen molar-refractivity contribution in [3.8, 4) is 0 Å². The van der Waals surface area contributed by atoms with E-state index >= 15 is 0 Å². The first-order chi connectivity index (χ1) is 13.5. The highest BCUT2D eigenvalue weighted by molar-refractivity contribution is 7.11. The third-order valence-corrected chi connectivity index (χ3v) is 5.70. The third-order valence-electron chi connectivity index (χ3n) is 4.61. The summed E-state index contributed by atoms with van der Waals surface area (Å²) in [4.78, 5) is 0. The molecule has 0 saturated carbocycles. The molecule has 4 rings (SSSR count). The Kier molecular flexibility index (Phi) is 5.04. The Morgan fingerprint density at radius 1 is 1.07 bits per heavy atom. The van der Waals surface area contributed by atoms with E-state index in [9.17, 15) is 4.39 Å². The van der Waals surface area contributed by atoms with E-state index in [4.69, 9.17) is 0 Å². The van der Waals surface area contributed by atoms with Gasteiger partial charge >= 0.3 is 0 Å². The second kappa shape index (κ2) is 7.63. The van der Waals surface area contributed by atoms with Crippen LogP contribution in [0.15, 0.2) is 42.7 Å². The van der Waals surface area contributed by atoms with Crippen LogP contribution in [-0.4, -0.2) is 29.8 Å². The summed E-state index contributed by atoms with van der Waals surface area (Å²) < 4.78 is 17.8. The number of nitrogens with zero attached hydrogens (tertiary/aromatic N) is 6. The molecule has 8 heteroatoms. The van der Waals surface area contributed by atoms with E-state index in [0.29, 0.717) is 24.1 Å². The fraction of sp³-hybridized carbons (Fsp3) is 0.300. The smallest absolute Gasteiger partial charge is 0.141 e. The molecule has 144 valence electrons. The zero-order chi connectivity index (χ0) is 19.7. The lowest BCUT2D eigenvalue weighted by Gasteiger charge is -2.07. The Labute approximate surface area is 166 Å². The van der Waals surface area contributed by atoms with Gasteiger partial charge in [0.1, 0.15) is 21.9 Å². The molecular formula is C20H21FN6S. The summed E-state index contributed by atoms with van der Waals surface area (Å²) in [6.07, 6.45) is 4.42. The van der Waals surface area contributed by atoms with Gasteiger partial charge in [0, 0.05) is 24.4 Å². The third kappa shape index (κ3) is 3.87. The standard InChI is InChI=1S/C20H21FN6S/c1-13-5-4-6-16(19(13)21)12-26-9-8-17(25-26)11-18-22-23-20(28-18)15(3)27-10-7-14(2)24-27/h4-10,15H,11-12H2,1-3H3. The molecule has 0 saturated heterocycles. The van der Waals surface area contributed by atoms with Crippen molar-refractivity contribution in [2.24, 2.45) is 0 Å². The average Bonchev–Trinajstić information content (AvgIpc) is 3.41. The van der Waals surface area contributed by atoms with Crippen molar-refractivity contribution in [3.05, 3.63) is 81.1 Å². The van der Waals surface area contributed by atoms with Gasteiger partial charge in [-0.1, -0.05) is 29.5 Å². The van der Waals surface area contributed by atoms with Crippen LogP contribution >= 0.6 is 11.3 Å². The van der Waals surface area contributed by atoms with E-state index in [1.807, 2.05) is 42.2 Å². The molecule has 6 nitrogen and oxygen atoms in total. The summed E-state index contributed by atoms with van der Waals surface area (Å²) >= 11 is 1.57. The van der Waals surface area contributed by atoms with Crippen LogP contribution in [0.4, 0.5) is 4.39 Å². The lowest BCUT2D eigenvalue weighted by Crippen LogP contribution is -2.07. The van der Waals surface area contributed by atoms with Crippen LogP contribution in [0.25, 0.3) is 0 Å². The Balaban J connectivity index is 1.44. The monoisotopic (exact) mass is 396 g/mol. The van der Waals surface area contributed by atoms with Gasteiger partial charge in [-0.3, -0.25) is 9.36 Å². The van der Waals surface area contributed by atoms with Crippen LogP contribution in [-0.2, 0) is 13.0 Å². The van der Waals surface area contributed by atoms with Crippen molar-refractivity contribution in [2.45, 2.75) is 39.8 Å². The van der Waals surface area contributed by atoms with Gasteiger partial charge in [-0.05, 0) is 38.5 Å². The first-order valence-electron chi connectivity index (χ1n) is 9.10. The topological polar surface area (TPSA) is 61.4 Å². The maximum absolute atomic E-state index is 14.2. The fourth-order valence-corrected chi connectivity index (χ4v) is 3.92. The minimum Gasteiger partial charge on any atom is -0.268 e. The highest BCUT2D eigenvalue weighted by atomic mass is 32.1. The predicted molar refractivity (Wildman–Crippen MR) is 106 cm³/mol. The number of hydrogen-bond donors (Lipinski definition) is 0. The van der Waals surface area contributed by atoms with Crippen molar-refractivity contribution in [1.82, 2.24) is 29.8 Å². The molecule has 28 heavy (non-hydrogen) atoms. The zero-order valence-corrected chi connectivity index (χ0v) is 16.8. The number of benzene rings is 1. The average molecular weight is 396 g/mol. The molecule has 3 aromatic heterocycles. The molecule has 0 fully saturated rings. The predicted octanol–water partition coefficient (Wildman–Crippen LogP) is 3.94. The summed E-state index contributed by atoms with van der Waals surface area (Å²) in [7, 11) is 0. The van der Waals surface area contributed by atoms with E-state index in [1.54, 1.807) is 35.1 Å². The van der Waals surface area contributed by atoms with Crippen molar-refractivity contribution in [2.75, 3.05) is 0 Å². The van der Waals surface area contributed by atoms with E-state index in [2.05, 4.69) is 27.3 Å². The summed E-state index contributed by atoms with van der Waals surface area (Å²) in [6.45, 7) is 6.20. The SMILES string of the molecule is Cc1ccn(C(C)c2nnc(Cc3ccn(Cc4cccc(C)c4F)n3)s2)n1. The molecule has 0 bridgehead atoms. The second-order valence-electron chi connectivity index (χ2n) is 6.88. The molecule has 3 heterocycles. The molecule has 0 radical (unpaired) electrons. The molecule has 1 atom stereocenters. The molecule has 4 aromatic rings. The largest absolute Gasteiger partial charge is 0.268 e. The van der Waals surface area contributed by atoms with Crippen molar-refractivity contribution >= 4 is 11.3 Å². The van der Waals surface area contributed by atoms with E-state index in [1.165, 1.54) is 0 Å². The molecule has 0 aliphatic rings. The lowest BCUT2D eigenvalue weighted by molar-refractivity contribution is 0.553. The summed E-state index contributed by atoms with van der Waals surface area (Å²) in [5, 5.41) is 19.4. The highest BCUT2D eigenvalue weighted by Gasteiger charge is 2.15. The van der Waals surface area contributed by atoms with Gasteiger partial charge < -0.3 is 0 Å². The van der Waals surface area contributed by atoms with Gasteiger partial charge in [-0.15, -0.1) is 10.2 Å². The molecule has 0 aliphatic carbocycles. The van der Waals surface area contributed by atoms with E-state index in [-0.39, 0.29) is 11.9 Å². The van der Waals surface area contributed by atoms with Crippen molar-refractivity contribution < 1.29 is 4.39 Å². The number of rotatable bonds is 6. The Morgan fingerprint density at radius 3 is 2.71 bits per heavy atom. The summed E-state index contributed by atoms with van der Waals surface area (Å²) in [6, 6.07) is 9.38. The summed E-state index contributed by atoms with van der Waals surface area (Å²) in [5.74, 6) is -0.170. The van der Waals surface area contributed by atoms with Gasteiger partial charge in [0.2, 0.25) is 0 Å². The fourth-order valence-electron chi connectivity index (χ4n) is 3.01. The van der Waals surface area contributed by atoms with Crippen LogP contribution in [0.5, 0.6) is 0 Å². The maximum atomic E-state index is 14.2. The van der Waals surface area contributed by atoms with Crippen LogP contribution in [0.1, 0.15) is 45.5 Å². The molecular weight excluding hydrogens is 375 g/mol. The quantitative estimate of drug-likeness (QED) is 0.495. The van der Waals surface area contributed by atoms with Crippen molar-refractivity contribution in [3.63, 3.8) is 0 Å². The number of aryl methyl sites for hydroxylation is 2. The van der Waals surface area contributed by atoms with Gasteiger partial charge in [0.15, 0.2) is 0 Å². The van der Waals surface area contributed by atoms with Gasteiger partial charge in [-0.25, -0.2) is 4.39 Å². The first-order valence-corrected chi connectivity index (χ1v) is 9.91. The first kappa shape index (κ1) is 18.5. The van der Waals surface area contributed by atoms with Crippen molar-refractivity contribution in [1.29, 1.82) is 0 Å².